The van der Waals surface area contributed by atoms with Gasteiger partial charge in [-0.25, -0.2) is 0 Å². The number of nitrogens with one attached hydrogen (secondary N) is 1. The Morgan fingerprint density at radius 2 is 1.70 bits per heavy atom. The lowest BCUT2D eigenvalue weighted by atomic mass is 10.1. The van der Waals surface area contributed by atoms with Gasteiger partial charge in [0.1, 0.15) is 5.75 Å². The highest BCUT2D eigenvalue weighted by molar-refractivity contribution is 5.26. The highest BCUT2D eigenvalue weighted by Crippen LogP contribution is 2.12. The van der Waals surface area contributed by atoms with E-state index in [1.54, 1.807) is 12.1 Å². The van der Waals surface area contributed by atoms with Gasteiger partial charge in [-0.1, -0.05) is 18.6 Å². The number of likely N-dealkylation sites (tertiary alicyclic amines) is 1. The molecule has 3 nitrogen and oxygen atoms in total. The Hall–Kier alpha value is -1.06. The van der Waals surface area contributed by atoms with Gasteiger partial charge in [0.2, 0.25) is 0 Å². The van der Waals surface area contributed by atoms with Crippen molar-refractivity contribution in [2.75, 3.05) is 19.6 Å². The number of piperidine rings is 1. The Bertz CT molecular complexity index is 384. The molecule has 3 heteroatoms. The summed E-state index contributed by atoms with van der Waals surface area (Å²) >= 11 is 0. The van der Waals surface area contributed by atoms with Gasteiger partial charge in [-0.2, -0.15) is 0 Å². The van der Waals surface area contributed by atoms with E-state index in [4.69, 9.17) is 0 Å². The molecule has 0 amide bonds. The van der Waals surface area contributed by atoms with E-state index in [2.05, 4.69) is 24.1 Å². The molecule has 0 aliphatic carbocycles. The van der Waals surface area contributed by atoms with E-state index in [1.165, 1.54) is 37.9 Å². The number of benzene rings is 1. The topological polar surface area (TPSA) is 35.5 Å². The van der Waals surface area contributed by atoms with Gasteiger partial charge in [-0.3, -0.25) is 0 Å². The number of nitrogens with zero attached hydrogens (tertiary/aromatic N) is 1. The molecule has 0 radical (unpaired) electrons. The fourth-order valence-corrected chi connectivity index (χ4v) is 3.11. The Labute approximate surface area is 123 Å². The van der Waals surface area contributed by atoms with E-state index in [1.807, 2.05) is 12.1 Å². The summed E-state index contributed by atoms with van der Waals surface area (Å²) in [5.41, 5.74) is 1.27. The number of phenolic OH excluding ortho intramolecular Hbond substituents is 1. The Kier molecular flexibility index (Phi) is 5.86. The molecule has 2 N–H and O–H groups in total. The second-order valence-electron chi connectivity index (χ2n) is 6.20. The van der Waals surface area contributed by atoms with Gasteiger partial charge in [0.15, 0.2) is 0 Å². The van der Waals surface area contributed by atoms with Crippen LogP contribution in [0.15, 0.2) is 24.3 Å². The van der Waals surface area contributed by atoms with E-state index in [0.29, 0.717) is 17.8 Å². The van der Waals surface area contributed by atoms with Crippen molar-refractivity contribution in [3.63, 3.8) is 0 Å². The van der Waals surface area contributed by atoms with Gasteiger partial charge in [0.05, 0.1) is 0 Å². The van der Waals surface area contributed by atoms with Crippen molar-refractivity contribution >= 4 is 0 Å². The summed E-state index contributed by atoms with van der Waals surface area (Å²) < 4.78 is 0. The third-order valence-corrected chi connectivity index (χ3v) is 4.03. The first-order valence-electron chi connectivity index (χ1n) is 7.90. The van der Waals surface area contributed by atoms with Crippen LogP contribution in [0.2, 0.25) is 0 Å². The first-order valence-corrected chi connectivity index (χ1v) is 7.90. The Balaban J connectivity index is 1.72. The van der Waals surface area contributed by atoms with Crippen LogP contribution >= 0.6 is 0 Å². The molecule has 112 valence electrons. The van der Waals surface area contributed by atoms with E-state index in [0.717, 1.165) is 13.0 Å². The molecule has 1 heterocycles. The number of hydrogen-bond acceptors (Lipinski definition) is 3. The molecule has 1 aliphatic heterocycles. The number of aromatic hydroxyl groups is 1. The van der Waals surface area contributed by atoms with E-state index < -0.39 is 0 Å². The largest absolute Gasteiger partial charge is 0.508 e. The maximum absolute atomic E-state index is 9.30. The monoisotopic (exact) mass is 276 g/mol. The van der Waals surface area contributed by atoms with Crippen molar-refractivity contribution < 1.29 is 5.11 Å². The highest BCUT2D eigenvalue weighted by atomic mass is 16.3. The van der Waals surface area contributed by atoms with Crippen molar-refractivity contribution in [1.29, 1.82) is 0 Å². The molecule has 0 bridgehead atoms. The van der Waals surface area contributed by atoms with Crippen LogP contribution in [0, 0.1) is 0 Å². The standard InChI is InChI=1S/C17H28N2O/c1-14(12-16-6-8-17(20)9-7-16)18-15(2)13-19-10-4-3-5-11-19/h6-9,14-15,18,20H,3-5,10-13H2,1-2H3. The van der Waals surface area contributed by atoms with Crippen molar-refractivity contribution in [3.05, 3.63) is 29.8 Å². The molecular weight excluding hydrogens is 248 g/mol. The summed E-state index contributed by atoms with van der Waals surface area (Å²) in [4.78, 5) is 2.58. The smallest absolute Gasteiger partial charge is 0.115 e. The first-order chi connectivity index (χ1) is 9.63. The van der Waals surface area contributed by atoms with Gasteiger partial charge in [0.25, 0.3) is 0 Å². The van der Waals surface area contributed by atoms with Crippen molar-refractivity contribution in [2.45, 2.75) is 51.6 Å². The molecule has 1 aromatic carbocycles. The molecule has 20 heavy (non-hydrogen) atoms. The average Bonchev–Trinajstić information content (AvgIpc) is 2.42. The molecule has 2 atom stereocenters. The first kappa shape index (κ1) is 15.3. The molecule has 0 spiro atoms. The molecular formula is C17H28N2O. The molecule has 1 fully saturated rings. The predicted molar refractivity (Wildman–Crippen MR) is 84.2 cm³/mol. The summed E-state index contributed by atoms with van der Waals surface area (Å²) in [5.74, 6) is 0.341. The van der Waals surface area contributed by atoms with E-state index >= 15 is 0 Å². The normalized spacial score (nSPS) is 19.7. The molecule has 1 aliphatic rings. The lowest BCUT2D eigenvalue weighted by Crippen LogP contribution is -2.45. The lowest BCUT2D eigenvalue weighted by molar-refractivity contribution is 0.205. The molecule has 0 saturated carbocycles. The van der Waals surface area contributed by atoms with E-state index in [-0.39, 0.29) is 0 Å². The fourth-order valence-electron chi connectivity index (χ4n) is 3.11. The lowest BCUT2D eigenvalue weighted by Gasteiger charge is -2.30. The van der Waals surface area contributed by atoms with Gasteiger partial charge in [0, 0.05) is 18.6 Å². The van der Waals surface area contributed by atoms with Crippen LogP contribution < -0.4 is 5.32 Å². The van der Waals surface area contributed by atoms with Crippen LogP contribution in [0.25, 0.3) is 0 Å². The molecule has 0 aromatic heterocycles. The summed E-state index contributed by atoms with van der Waals surface area (Å²) in [7, 11) is 0. The van der Waals surface area contributed by atoms with E-state index in [9.17, 15) is 5.11 Å². The van der Waals surface area contributed by atoms with Crippen LogP contribution in [0.4, 0.5) is 0 Å². The Morgan fingerprint density at radius 1 is 1.05 bits per heavy atom. The second kappa shape index (κ2) is 7.65. The van der Waals surface area contributed by atoms with Gasteiger partial charge >= 0.3 is 0 Å². The molecule has 2 rings (SSSR count). The quantitative estimate of drug-likeness (QED) is 0.838. The molecule has 1 saturated heterocycles. The number of rotatable bonds is 6. The summed E-state index contributed by atoms with van der Waals surface area (Å²) in [6.45, 7) is 8.19. The zero-order valence-corrected chi connectivity index (χ0v) is 12.8. The van der Waals surface area contributed by atoms with Crippen LogP contribution in [-0.2, 0) is 6.42 Å². The maximum atomic E-state index is 9.30. The maximum Gasteiger partial charge on any atom is 0.115 e. The minimum absolute atomic E-state index is 0.341. The fraction of sp³-hybridized carbons (Fsp3) is 0.647. The predicted octanol–water partition coefficient (Wildman–Crippen LogP) is 2.79. The minimum Gasteiger partial charge on any atom is -0.508 e. The summed E-state index contributed by atoms with van der Waals surface area (Å²) in [6.07, 6.45) is 5.12. The highest BCUT2D eigenvalue weighted by Gasteiger charge is 2.14. The zero-order chi connectivity index (χ0) is 14.4. The molecule has 1 aromatic rings. The van der Waals surface area contributed by atoms with Crippen LogP contribution in [0.3, 0.4) is 0 Å². The van der Waals surface area contributed by atoms with Crippen molar-refractivity contribution in [2.24, 2.45) is 0 Å². The third-order valence-electron chi connectivity index (χ3n) is 4.03. The zero-order valence-electron chi connectivity index (χ0n) is 12.8. The van der Waals surface area contributed by atoms with Gasteiger partial charge in [-0.05, 0) is 63.9 Å². The third kappa shape index (κ3) is 5.14. The SMILES string of the molecule is CC(Cc1ccc(O)cc1)NC(C)CN1CCCCC1. The van der Waals surface area contributed by atoms with Crippen LogP contribution in [0.5, 0.6) is 5.75 Å². The van der Waals surface area contributed by atoms with Crippen molar-refractivity contribution in [1.82, 2.24) is 10.2 Å². The minimum atomic E-state index is 0.341. The second-order valence-corrected chi connectivity index (χ2v) is 6.20. The number of phenols is 1. The van der Waals surface area contributed by atoms with Crippen LogP contribution in [0.1, 0.15) is 38.7 Å². The summed E-state index contributed by atoms with van der Waals surface area (Å²) in [5, 5.41) is 13.0. The van der Waals surface area contributed by atoms with Crippen molar-refractivity contribution in [3.8, 4) is 5.75 Å². The molecule has 2 unspecified atom stereocenters. The summed E-state index contributed by atoms with van der Waals surface area (Å²) in [6, 6.07) is 8.52. The Morgan fingerprint density at radius 3 is 2.35 bits per heavy atom. The van der Waals surface area contributed by atoms with Gasteiger partial charge in [-0.15, -0.1) is 0 Å². The van der Waals surface area contributed by atoms with Crippen LogP contribution in [-0.4, -0.2) is 41.7 Å². The van der Waals surface area contributed by atoms with Gasteiger partial charge < -0.3 is 15.3 Å². The average molecular weight is 276 g/mol. The number of hydrogen-bond donors (Lipinski definition) is 2.